The third-order valence-electron chi connectivity index (χ3n) is 3.70. The molecule has 0 aliphatic heterocycles. The number of thiazole rings is 1. The molecule has 1 aromatic carbocycles. The number of benzene rings is 1. The van der Waals surface area contributed by atoms with E-state index in [-0.39, 0.29) is 5.91 Å². The highest BCUT2D eigenvalue weighted by Crippen LogP contribution is 2.27. The third-order valence-corrected chi connectivity index (χ3v) is 4.86. The van der Waals surface area contributed by atoms with Gasteiger partial charge in [0.2, 0.25) is 0 Å². The van der Waals surface area contributed by atoms with Crippen molar-refractivity contribution in [2.45, 2.75) is 20.4 Å². The molecule has 0 bridgehead atoms. The van der Waals surface area contributed by atoms with E-state index in [4.69, 9.17) is 0 Å². The Morgan fingerprint density at radius 1 is 1.32 bits per heavy atom. The van der Waals surface area contributed by atoms with Gasteiger partial charge >= 0.3 is 0 Å². The Morgan fingerprint density at radius 2 is 2.12 bits per heavy atom. The molecule has 1 amide bonds. The summed E-state index contributed by atoms with van der Waals surface area (Å²) in [5.74, 6) is 0.535. The summed E-state index contributed by atoms with van der Waals surface area (Å²) in [4.78, 5) is 27.1. The molecule has 2 heterocycles. The number of H-pyrrole nitrogens is 1. The van der Waals surface area contributed by atoms with Gasteiger partial charge in [-0.2, -0.15) is 0 Å². The summed E-state index contributed by atoms with van der Waals surface area (Å²) >= 11 is 1.34. The van der Waals surface area contributed by atoms with Crippen LogP contribution in [0.25, 0.3) is 10.8 Å². The van der Waals surface area contributed by atoms with Crippen molar-refractivity contribution >= 4 is 22.9 Å². The van der Waals surface area contributed by atoms with Gasteiger partial charge in [-0.15, -0.1) is 11.3 Å². The van der Waals surface area contributed by atoms with Gasteiger partial charge in [-0.05, 0) is 39.6 Å². The number of imidazole rings is 1. The Kier molecular flexibility index (Phi) is 4.96. The Morgan fingerprint density at radius 3 is 2.80 bits per heavy atom. The van der Waals surface area contributed by atoms with Gasteiger partial charge in [-0.25, -0.2) is 9.97 Å². The van der Waals surface area contributed by atoms with E-state index in [9.17, 15) is 4.79 Å². The first-order chi connectivity index (χ1) is 11.9. The number of nitrogens with one attached hydrogen (secondary N) is 2. The van der Waals surface area contributed by atoms with Gasteiger partial charge in [0.1, 0.15) is 4.88 Å². The smallest absolute Gasteiger partial charge is 0.267 e. The highest BCUT2D eigenvalue weighted by molar-refractivity contribution is 7.17. The van der Waals surface area contributed by atoms with Crippen LogP contribution in [0.3, 0.4) is 0 Å². The minimum atomic E-state index is -0.142. The fourth-order valence-corrected chi connectivity index (χ4v) is 3.51. The van der Waals surface area contributed by atoms with Crippen LogP contribution in [-0.4, -0.2) is 39.9 Å². The van der Waals surface area contributed by atoms with Crippen LogP contribution in [0, 0.1) is 13.8 Å². The predicted molar refractivity (Wildman–Crippen MR) is 101 cm³/mol. The maximum atomic E-state index is 12.8. The number of hydrogen-bond donors (Lipinski definition) is 2. The third kappa shape index (κ3) is 3.94. The number of carbonyl (C=O) groups is 1. The van der Waals surface area contributed by atoms with E-state index in [0.717, 1.165) is 17.8 Å². The molecule has 0 atom stereocenters. The van der Waals surface area contributed by atoms with Crippen LogP contribution in [0.2, 0.25) is 0 Å². The maximum Gasteiger partial charge on any atom is 0.267 e. The van der Waals surface area contributed by atoms with Crippen molar-refractivity contribution in [2.24, 2.45) is 0 Å². The van der Waals surface area contributed by atoms with Crippen LogP contribution in [0.15, 0.2) is 30.6 Å². The zero-order valence-corrected chi connectivity index (χ0v) is 15.6. The topological polar surface area (TPSA) is 73.9 Å². The molecule has 3 rings (SSSR count). The van der Waals surface area contributed by atoms with E-state index in [1.54, 1.807) is 12.4 Å². The predicted octanol–water partition coefficient (Wildman–Crippen LogP) is 3.46. The molecule has 7 heteroatoms. The molecule has 0 spiro atoms. The number of rotatable bonds is 5. The van der Waals surface area contributed by atoms with Crippen LogP contribution in [0.4, 0.5) is 5.69 Å². The zero-order valence-electron chi connectivity index (χ0n) is 14.8. The van der Waals surface area contributed by atoms with Crippen LogP contribution in [-0.2, 0) is 6.54 Å². The summed E-state index contributed by atoms with van der Waals surface area (Å²) in [5, 5.41) is 3.75. The molecule has 130 valence electrons. The van der Waals surface area contributed by atoms with E-state index in [0.29, 0.717) is 21.4 Å². The highest BCUT2D eigenvalue weighted by Gasteiger charge is 2.18. The molecule has 0 saturated heterocycles. The summed E-state index contributed by atoms with van der Waals surface area (Å²) in [7, 11) is 4.02. The minimum Gasteiger partial charge on any atom is -0.343 e. The molecule has 0 aliphatic carbocycles. The molecule has 0 radical (unpaired) electrons. The fraction of sp³-hybridized carbons (Fsp3) is 0.278. The van der Waals surface area contributed by atoms with Gasteiger partial charge in [0, 0.05) is 24.6 Å². The molecular formula is C18H21N5OS. The molecular weight excluding hydrogens is 334 g/mol. The second-order valence-corrected chi connectivity index (χ2v) is 7.22. The fourth-order valence-electron chi connectivity index (χ4n) is 2.59. The number of nitrogens with zero attached hydrogens (tertiary/aromatic N) is 3. The quantitative estimate of drug-likeness (QED) is 0.735. The molecule has 0 aliphatic rings. The van der Waals surface area contributed by atoms with Crippen molar-refractivity contribution in [3.05, 3.63) is 52.3 Å². The number of anilines is 1. The number of hydrogen-bond acceptors (Lipinski definition) is 5. The summed E-state index contributed by atoms with van der Waals surface area (Å²) in [6.45, 7) is 4.65. The number of carbonyl (C=O) groups excluding carboxylic acids is 1. The molecule has 0 saturated carbocycles. The van der Waals surface area contributed by atoms with E-state index in [1.165, 1.54) is 16.9 Å². The van der Waals surface area contributed by atoms with Gasteiger partial charge in [0.25, 0.3) is 5.91 Å². The van der Waals surface area contributed by atoms with Crippen molar-refractivity contribution in [1.29, 1.82) is 0 Å². The van der Waals surface area contributed by atoms with E-state index in [1.807, 2.05) is 40.1 Å². The Hall–Kier alpha value is -2.51. The molecule has 6 nitrogen and oxygen atoms in total. The minimum absolute atomic E-state index is 0.142. The first-order valence-corrected chi connectivity index (χ1v) is 8.78. The van der Waals surface area contributed by atoms with Crippen LogP contribution < -0.4 is 5.32 Å². The van der Waals surface area contributed by atoms with Crippen LogP contribution >= 0.6 is 11.3 Å². The Labute approximate surface area is 150 Å². The van der Waals surface area contributed by atoms with Crippen molar-refractivity contribution < 1.29 is 4.79 Å². The number of amides is 1. The lowest BCUT2D eigenvalue weighted by molar-refractivity contribution is 0.102. The Bertz CT molecular complexity index is 883. The van der Waals surface area contributed by atoms with Gasteiger partial charge < -0.3 is 15.2 Å². The lowest BCUT2D eigenvalue weighted by Crippen LogP contribution is -2.16. The maximum absolute atomic E-state index is 12.8. The first-order valence-electron chi connectivity index (χ1n) is 7.97. The molecule has 0 fully saturated rings. The Balaban J connectivity index is 1.86. The van der Waals surface area contributed by atoms with E-state index >= 15 is 0 Å². The normalized spacial score (nSPS) is 11.1. The van der Waals surface area contributed by atoms with Crippen LogP contribution in [0.5, 0.6) is 0 Å². The van der Waals surface area contributed by atoms with Crippen LogP contribution in [0.1, 0.15) is 26.5 Å². The lowest BCUT2D eigenvalue weighted by Gasteiger charge is -2.15. The summed E-state index contributed by atoms with van der Waals surface area (Å²) in [5.41, 5.74) is 3.79. The number of aromatic nitrogens is 3. The lowest BCUT2D eigenvalue weighted by atomic mass is 10.1. The summed E-state index contributed by atoms with van der Waals surface area (Å²) < 4.78 is 0. The highest BCUT2D eigenvalue weighted by atomic mass is 32.1. The standard InChI is InChI=1S/C18H21N5OS/c1-11-5-6-14(13(9-11)10-23(3)4)22-17(24)15-12(2)21-18(25-15)16-19-7-8-20-16/h5-9H,10H2,1-4H3,(H,19,20)(H,22,24). The molecule has 0 unspecified atom stereocenters. The summed E-state index contributed by atoms with van der Waals surface area (Å²) in [6.07, 6.45) is 3.41. The largest absolute Gasteiger partial charge is 0.343 e. The van der Waals surface area contributed by atoms with Crippen molar-refractivity contribution in [1.82, 2.24) is 19.9 Å². The van der Waals surface area contributed by atoms with Crippen molar-refractivity contribution in [3.8, 4) is 10.8 Å². The number of aromatic amines is 1. The van der Waals surface area contributed by atoms with Gasteiger partial charge in [0.15, 0.2) is 10.8 Å². The molecule has 3 aromatic rings. The second kappa shape index (κ2) is 7.16. The van der Waals surface area contributed by atoms with Crippen molar-refractivity contribution in [2.75, 3.05) is 19.4 Å². The molecule has 25 heavy (non-hydrogen) atoms. The van der Waals surface area contributed by atoms with Gasteiger partial charge in [-0.3, -0.25) is 4.79 Å². The van der Waals surface area contributed by atoms with Gasteiger partial charge in [-0.1, -0.05) is 17.7 Å². The SMILES string of the molecule is Cc1ccc(NC(=O)c2sc(-c3ncc[nH]3)nc2C)c(CN(C)C)c1. The van der Waals surface area contributed by atoms with Crippen molar-refractivity contribution in [3.63, 3.8) is 0 Å². The summed E-state index contributed by atoms with van der Waals surface area (Å²) in [6, 6.07) is 6.06. The average molecular weight is 355 g/mol. The molecule has 2 N–H and O–H groups in total. The zero-order chi connectivity index (χ0) is 18.0. The number of aryl methyl sites for hydroxylation is 2. The van der Waals surface area contributed by atoms with E-state index < -0.39 is 0 Å². The monoisotopic (exact) mass is 355 g/mol. The van der Waals surface area contributed by atoms with Gasteiger partial charge in [0.05, 0.1) is 5.69 Å². The van der Waals surface area contributed by atoms with E-state index in [2.05, 4.69) is 31.2 Å². The molecule has 2 aromatic heterocycles. The average Bonchev–Trinajstić information content (AvgIpc) is 3.18. The second-order valence-electron chi connectivity index (χ2n) is 6.22. The first kappa shape index (κ1) is 17.3.